The van der Waals surface area contributed by atoms with E-state index in [0.717, 1.165) is 11.1 Å². The number of nitrogen functional groups attached to an aromatic ring is 1. The molecular weight excluding hydrogens is 238 g/mol. The molecule has 2 aromatic carbocycles. The first kappa shape index (κ1) is 11.3. The molecular formula is C14H11N5. The fraction of sp³-hybridized carbons (Fsp3) is 0. The van der Waals surface area contributed by atoms with Gasteiger partial charge in [-0.2, -0.15) is 0 Å². The largest absolute Gasteiger partial charge is 0.399 e. The van der Waals surface area contributed by atoms with Gasteiger partial charge in [0.15, 0.2) is 0 Å². The maximum atomic E-state index is 5.63. The third-order valence-electron chi connectivity index (χ3n) is 2.68. The summed E-state index contributed by atoms with van der Waals surface area (Å²) in [6.07, 6.45) is 0. The predicted octanol–water partition coefficient (Wildman–Crippen LogP) is 2.18. The van der Waals surface area contributed by atoms with E-state index in [1.54, 1.807) is 12.1 Å². The van der Waals surface area contributed by atoms with Crippen molar-refractivity contribution in [2.45, 2.75) is 0 Å². The minimum Gasteiger partial charge on any atom is -0.399 e. The second kappa shape index (κ2) is 4.81. The zero-order valence-corrected chi connectivity index (χ0v) is 10.1. The highest BCUT2D eigenvalue weighted by molar-refractivity contribution is 5.59. The minimum absolute atomic E-state index is 0.486. The summed E-state index contributed by atoms with van der Waals surface area (Å²) in [7, 11) is 0. The minimum atomic E-state index is 0.486. The molecule has 0 aliphatic rings. The maximum absolute atomic E-state index is 5.63. The van der Waals surface area contributed by atoms with Gasteiger partial charge in [0.25, 0.3) is 0 Å². The molecule has 0 aliphatic carbocycles. The van der Waals surface area contributed by atoms with E-state index in [0.29, 0.717) is 17.3 Å². The number of aromatic nitrogens is 4. The second-order valence-electron chi connectivity index (χ2n) is 4.04. The number of anilines is 1. The molecule has 0 amide bonds. The lowest BCUT2D eigenvalue weighted by Gasteiger charge is -2.00. The lowest BCUT2D eigenvalue weighted by atomic mass is 10.2. The van der Waals surface area contributed by atoms with Gasteiger partial charge in [0.05, 0.1) is 0 Å². The third-order valence-corrected chi connectivity index (χ3v) is 2.68. The van der Waals surface area contributed by atoms with Crippen LogP contribution in [0.25, 0.3) is 22.8 Å². The molecule has 0 bridgehead atoms. The van der Waals surface area contributed by atoms with Crippen molar-refractivity contribution in [2.24, 2.45) is 0 Å². The number of hydrogen-bond acceptors (Lipinski definition) is 5. The van der Waals surface area contributed by atoms with Crippen molar-refractivity contribution in [1.82, 2.24) is 20.4 Å². The Labute approximate surface area is 110 Å². The summed E-state index contributed by atoms with van der Waals surface area (Å²) in [5.74, 6) is 1.000. The van der Waals surface area contributed by atoms with E-state index in [-0.39, 0.29) is 0 Å². The van der Waals surface area contributed by atoms with Gasteiger partial charge >= 0.3 is 0 Å². The molecule has 92 valence electrons. The average molecular weight is 249 g/mol. The number of hydrogen-bond donors (Lipinski definition) is 1. The Kier molecular flexibility index (Phi) is 2.86. The Hall–Kier alpha value is -2.82. The van der Waals surface area contributed by atoms with E-state index in [9.17, 15) is 0 Å². The molecule has 0 atom stereocenters. The van der Waals surface area contributed by atoms with Crippen LogP contribution in [0, 0.1) is 0 Å². The van der Waals surface area contributed by atoms with Crippen molar-refractivity contribution in [1.29, 1.82) is 0 Å². The summed E-state index contributed by atoms with van der Waals surface area (Å²) in [6, 6.07) is 16.9. The number of benzene rings is 2. The van der Waals surface area contributed by atoms with E-state index in [1.165, 1.54) is 0 Å². The number of rotatable bonds is 2. The summed E-state index contributed by atoms with van der Waals surface area (Å²) >= 11 is 0. The number of nitrogens with zero attached hydrogens (tertiary/aromatic N) is 4. The van der Waals surface area contributed by atoms with Crippen molar-refractivity contribution < 1.29 is 0 Å². The molecule has 0 fully saturated rings. The topological polar surface area (TPSA) is 77.6 Å². The van der Waals surface area contributed by atoms with Crippen LogP contribution in [-0.4, -0.2) is 20.4 Å². The molecule has 0 radical (unpaired) electrons. The lowest BCUT2D eigenvalue weighted by molar-refractivity contribution is 0.876. The van der Waals surface area contributed by atoms with Gasteiger partial charge in [0.1, 0.15) is 0 Å². The Morgan fingerprint density at radius 2 is 1.05 bits per heavy atom. The van der Waals surface area contributed by atoms with E-state index in [4.69, 9.17) is 5.73 Å². The van der Waals surface area contributed by atoms with Crippen LogP contribution in [0.4, 0.5) is 5.69 Å². The van der Waals surface area contributed by atoms with Crippen molar-refractivity contribution in [3.63, 3.8) is 0 Å². The standard InChI is InChI=1S/C14H11N5/c15-12-8-6-11(7-9-12)14-18-16-13(17-19-14)10-4-2-1-3-5-10/h1-9H,15H2. The summed E-state index contributed by atoms with van der Waals surface area (Å²) in [6.45, 7) is 0. The van der Waals surface area contributed by atoms with E-state index < -0.39 is 0 Å². The summed E-state index contributed by atoms with van der Waals surface area (Å²) < 4.78 is 0. The van der Waals surface area contributed by atoms with Gasteiger partial charge in [-0.25, -0.2) is 0 Å². The molecule has 5 heteroatoms. The third kappa shape index (κ3) is 2.40. The summed E-state index contributed by atoms with van der Waals surface area (Å²) in [5.41, 5.74) is 8.07. The molecule has 3 rings (SSSR count). The van der Waals surface area contributed by atoms with Crippen molar-refractivity contribution in [2.75, 3.05) is 5.73 Å². The van der Waals surface area contributed by atoms with Crippen LogP contribution >= 0.6 is 0 Å². The van der Waals surface area contributed by atoms with Gasteiger partial charge in [-0.05, 0) is 24.3 Å². The molecule has 0 aliphatic heterocycles. The quantitative estimate of drug-likeness (QED) is 0.704. The monoisotopic (exact) mass is 249 g/mol. The normalized spacial score (nSPS) is 10.3. The van der Waals surface area contributed by atoms with Gasteiger partial charge < -0.3 is 5.73 Å². The zero-order valence-electron chi connectivity index (χ0n) is 10.1. The summed E-state index contributed by atoms with van der Waals surface area (Å²) in [4.78, 5) is 0. The highest BCUT2D eigenvalue weighted by Crippen LogP contribution is 2.16. The zero-order chi connectivity index (χ0) is 13.1. The van der Waals surface area contributed by atoms with Crippen LogP contribution in [-0.2, 0) is 0 Å². The highest BCUT2D eigenvalue weighted by atomic mass is 15.3. The molecule has 5 nitrogen and oxygen atoms in total. The Morgan fingerprint density at radius 1 is 0.579 bits per heavy atom. The SMILES string of the molecule is Nc1ccc(-c2nnc(-c3ccccc3)nn2)cc1. The molecule has 19 heavy (non-hydrogen) atoms. The van der Waals surface area contributed by atoms with Crippen LogP contribution in [0.1, 0.15) is 0 Å². The fourth-order valence-electron chi connectivity index (χ4n) is 1.68. The van der Waals surface area contributed by atoms with Gasteiger partial charge in [-0.1, -0.05) is 30.3 Å². The van der Waals surface area contributed by atoms with Crippen LogP contribution in [0.3, 0.4) is 0 Å². The first-order valence-corrected chi connectivity index (χ1v) is 5.82. The lowest BCUT2D eigenvalue weighted by Crippen LogP contribution is -1.99. The van der Waals surface area contributed by atoms with Gasteiger partial charge in [-0.3, -0.25) is 0 Å². The molecule has 0 saturated heterocycles. The smallest absolute Gasteiger partial charge is 0.203 e. The predicted molar refractivity (Wildman–Crippen MR) is 72.9 cm³/mol. The molecule has 0 saturated carbocycles. The molecule has 1 aromatic heterocycles. The summed E-state index contributed by atoms with van der Waals surface area (Å²) in [5, 5.41) is 16.4. The molecule has 0 unspecified atom stereocenters. The van der Waals surface area contributed by atoms with Gasteiger partial charge in [0.2, 0.25) is 11.6 Å². The Morgan fingerprint density at radius 3 is 1.58 bits per heavy atom. The van der Waals surface area contributed by atoms with Crippen molar-refractivity contribution >= 4 is 5.69 Å². The van der Waals surface area contributed by atoms with Crippen LogP contribution in [0.5, 0.6) is 0 Å². The maximum Gasteiger partial charge on any atom is 0.203 e. The second-order valence-corrected chi connectivity index (χ2v) is 4.04. The molecule has 3 aromatic rings. The molecule has 0 spiro atoms. The first-order chi connectivity index (χ1) is 9.33. The van der Waals surface area contributed by atoms with Crippen LogP contribution in [0.15, 0.2) is 54.6 Å². The van der Waals surface area contributed by atoms with Crippen LogP contribution < -0.4 is 5.73 Å². The van der Waals surface area contributed by atoms with E-state index >= 15 is 0 Å². The first-order valence-electron chi connectivity index (χ1n) is 5.82. The van der Waals surface area contributed by atoms with E-state index in [1.807, 2.05) is 42.5 Å². The fourth-order valence-corrected chi connectivity index (χ4v) is 1.68. The van der Waals surface area contributed by atoms with Crippen LogP contribution in [0.2, 0.25) is 0 Å². The van der Waals surface area contributed by atoms with E-state index in [2.05, 4.69) is 20.4 Å². The highest BCUT2D eigenvalue weighted by Gasteiger charge is 2.05. The van der Waals surface area contributed by atoms with Crippen molar-refractivity contribution in [3.05, 3.63) is 54.6 Å². The Bertz CT molecular complexity index is 662. The van der Waals surface area contributed by atoms with Gasteiger partial charge in [0, 0.05) is 16.8 Å². The molecule has 1 heterocycles. The average Bonchev–Trinajstić information content (AvgIpc) is 2.49. The Balaban J connectivity index is 1.93. The molecule has 2 N–H and O–H groups in total. The van der Waals surface area contributed by atoms with Crippen molar-refractivity contribution in [3.8, 4) is 22.8 Å². The number of nitrogens with two attached hydrogens (primary N) is 1. The van der Waals surface area contributed by atoms with Gasteiger partial charge in [-0.15, -0.1) is 20.4 Å².